The third-order valence-corrected chi connectivity index (χ3v) is 5.10. The van der Waals surface area contributed by atoms with Crippen LogP contribution in [0.5, 0.6) is 0 Å². The number of carbonyl (C=O) groups excluding carboxylic acids is 1. The van der Waals surface area contributed by atoms with Gasteiger partial charge < -0.3 is 10.6 Å². The van der Waals surface area contributed by atoms with Crippen molar-refractivity contribution in [3.63, 3.8) is 0 Å². The first kappa shape index (κ1) is 23.5. The van der Waals surface area contributed by atoms with Gasteiger partial charge in [-0.2, -0.15) is 0 Å². The zero-order valence-corrected chi connectivity index (χ0v) is 17.8. The Morgan fingerprint density at radius 1 is 0.933 bits per heavy atom. The van der Waals surface area contributed by atoms with Crippen molar-refractivity contribution in [1.29, 1.82) is 0 Å². The standard InChI is InChI=1S/C24H24F2N2O.ClH/c1-16-8-10-20(14-17(16)2)28(13-12-18-9-11-21(25)22(26)15-18)24(29)23(27)19-6-4-3-5-7-19;/h3-11,14-15,23H,12-13,27H2,1-2H3;1H. The van der Waals surface area contributed by atoms with E-state index in [1.807, 2.05) is 62.4 Å². The zero-order valence-electron chi connectivity index (χ0n) is 16.9. The lowest BCUT2D eigenvalue weighted by Crippen LogP contribution is -2.40. The van der Waals surface area contributed by atoms with Crippen LogP contribution in [0.15, 0.2) is 66.7 Å². The molecule has 0 spiro atoms. The second kappa shape index (κ2) is 10.3. The van der Waals surface area contributed by atoms with E-state index in [9.17, 15) is 13.6 Å². The van der Waals surface area contributed by atoms with Gasteiger partial charge in [0.1, 0.15) is 6.04 Å². The molecule has 158 valence electrons. The summed E-state index contributed by atoms with van der Waals surface area (Å²) in [6.45, 7) is 4.28. The second-order valence-corrected chi connectivity index (χ2v) is 7.15. The maximum Gasteiger partial charge on any atom is 0.248 e. The Morgan fingerprint density at radius 3 is 2.27 bits per heavy atom. The van der Waals surface area contributed by atoms with Gasteiger partial charge in [0.2, 0.25) is 5.91 Å². The molecule has 0 saturated heterocycles. The number of hydrogen-bond acceptors (Lipinski definition) is 2. The van der Waals surface area contributed by atoms with E-state index < -0.39 is 17.7 Å². The van der Waals surface area contributed by atoms with Gasteiger partial charge >= 0.3 is 0 Å². The molecule has 0 aliphatic heterocycles. The molecule has 3 aromatic carbocycles. The van der Waals surface area contributed by atoms with Crippen molar-refractivity contribution in [3.05, 3.63) is 101 Å². The molecule has 0 saturated carbocycles. The van der Waals surface area contributed by atoms with Crippen molar-refractivity contribution in [2.24, 2.45) is 5.73 Å². The first-order chi connectivity index (χ1) is 13.9. The molecule has 3 rings (SSSR count). The summed E-state index contributed by atoms with van der Waals surface area (Å²) in [5.41, 5.74) is 10.5. The van der Waals surface area contributed by atoms with Gasteiger partial charge in [-0.3, -0.25) is 4.79 Å². The summed E-state index contributed by atoms with van der Waals surface area (Å²) in [4.78, 5) is 14.9. The Morgan fingerprint density at radius 2 is 1.63 bits per heavy atom. The predicted molar refractivity (Wildman–Crippen MR) is 119 cm³/mol. The van der Waals surface area contributed by atoms with Crippen molar-refractivity contribution in [2.75, 3.05) is 11.4 Å². The maximum absolute atomic E-state index is 13.6. The first-order valence-corrected chi connectivity index (χ1v) is 9.50. The van der Waals surface area contributed by atoms with E-state index in [1.54, 1.807) is 4.90 Å². The lowest BCUT2D eigenvalue weighted by atomic mass is 10.0. The number of nitrogens with zero attached hydrogens (tertiary/aromatic N) is 1. The number of amides is 1. The van der Waals surface area contributed by atoms with Crippen LogP contribution in [0.1, 0.15) is 28.3 Å². The monoisotopic (exact) mass is 430 g/mol. The Hall–Kier alpha value is -2.76. The molecular weight excluding hydrogens is 406 g/mol. The van der Waals surface area contributed by atoms with Crippen LogP contribution in [0.25, 0.3) is 0 Å². The van der Waals surface area contributed by atoms with E-state index in [2.05, 4.69) is 0 Å². The molecule has 6 heteroatoms. The van der Waals surface area contributed by atoms with E-state index >= 15 is 0 Å². The smallest absolute Gasteiger partial charge is 0.248 e. The van der Waals surface area contributed by atoms with Gasteiger partial charge in [0, 0.05) is 12.2 Å². The summed E-state index contributed by atoms with van der Waals surface area (Å²) in [5.74, 6) is -2.03. The highest BCUT2D eigenvalue weighted by Gasteiger charge is 2.24. The average molecular weight is 431 g/mol. The number of benzene rings is 3. The van der Waals surface area contributed by atoms with Crippen LogP contribution in [-0.2, 0) is 11.2 Å². The van der Waals surface area contributed by atoms with E-state index in [-0.39, 0.29) is 18.3 Å². The number of anilines is 1. The van der Waals surface area contributed by atoms with E-state index in [1.165, 1.54) is 6.07 Å². The molecule has 2 N–H and O–H groups in total. The molecule has 0 fully saturated rings. The molecule has 1 amide bonds. The fourth-order valence-electron chi connectivity index (χ4n) is 3.17. The number of aryl methyl sites for hydroxylation is 2. The highest BCUT2D eigenvalue weighted by molar-refractivity contribution is 5.97. The molecule has 1 unspecified atom stereocenters. The fraction of sp³-hybridized carbons (Fsp3) is 0.208. The molecule has 30 heavy (non-hydrogen) atoms. The van der Waals surface area contributed by atoms with E-state index in [0.29, 0.717) is 18.5 Å². The molecule has 0 aliphatic rings. The highest BCUT2D eigenvalue weighted by atomic mass is 35.5. The van der Waals surface area contributed by atoms with Crippen LogP contribution in [0.4, 0.5) is 14.5 Å². The minimum Gasteiger partial charge on any atom is -0.316 e. The summed E-state index contributed by atoms with van der Waals surface area (Å²) < 4.78 is 26.8. The fourth-order valence-corrected chi connectivity index (χ4v) is 3.17. The van der Waals surface area contributed by atoms with Crippen LogP contribution in [0.2, 0.25) is 0 Å². The summed E-state index contributed by atoms with van der Waals surface area (Å²) in [6.07, 6.45) is 0.372. The largest absolute Gasteiger partial charge is 0.316 e. The lowest BCUT2D eigenvalue weighted by molar-refractivity contribution is -0.120. The van der Waals surface area contributed by atoms with Crippen molar-refractivity contribution >= 4 is 24.0 Å². The Labute approximate surface area is 181 Å². The van der Waals surface area contributed by atoms with Crippen molar-refractivity contribution in [2.45, 2.75) is 26.3 Å². The van der Waals surface area contributed by atoms with Crippen LogP contribution in [-0.4, -0.2) is 12.5 Å². The summed E-state index contributed by atoms with van der Waals surface area (Å²) in [7, 11) is 0. The Bertz CT molecular complexity index is 1010. The second-order valence-electron chi connectivity index (χ2n) is 7.15. The molecule has 0 aromatic heterocycles. The number of carbonyl (C=O) groups is 1. The van der Waals surface area contributed by atoms with Crippen molar-refractivity contribution < 1.29 is 13.6 Å². The SMILES string of the molecule is Cc1ccc(N(CCc2ccc(F)c(F)c2)C(=O)C(N)c2ccccc2)cc1C.Cl. The number of nitrogens with two attached hydrogens (primary N) is 1. The van der Waals surface area contributed by atoms with E-state index in [4.69, 9.17) is 5.73 Å². The van der Waals surface area contributed by atoms with Crippen LogP contribution < -0.4 is 10.6 Å². The number of halogens is 3. The van der Waals surface area contributed by atoms with Crippen molar-refractivity contribution in [3.8, 4) is 0 Å². The molecule has 1 atom stereocenters. The number of hydrogen-bond donors (Lipinski definition) is 1. The summed E-state index contributed by atoms with van der Waals surface area (Å²) >= 11 is 0. The molecule has 3 nitrogen and oxygen atoms in total. The van der Waals surface area contributed by atoms with Gasteiger partial charge in [-0.05, 0) is 66.8 Å². The molecule has 0 bridgehead atoms. The minimum absolute atomic E-state index is 0. The molecule has 3 aromatic rings. The minimum atomic E-state index is -0.896. The number of rotatable bonds is 6. The first-order valence-electron chi connectivity index (χ1n) is 9.50. The van der Waals surface area contributed by atoms with Crippen LogP contribution >= 0.6 is 12.4 Å². The molecule has 0 heterocycles. The van der Waals surface area contributed by atoms with Gasteiger partial charge in [0.15, 0.2) is 11.6 Å². The quantitative estimate of drug-likeness (QED) is 0.578. The molecule has 0 aliphatic carbocycles. The van der Waals surface area contributed by atoms with Gasteiger partial charge in [-0.15, -0.1) is 12.4 Å². The topological polar surface area (TPSA) is 46.3 Å². The van der Waals surface area contributed by atoms with Crippen LogP contribution in [0.3, 0.4) is 0 Å². The van der Waals surface area contributed by atoms with Gasteiger partial charge in [-0.25, -0.2) is 8.78 Å². The Balaban J connectivity index is 0.00000320. The van der Waals surface area contributed by atoms with Gasteiger partial charge in [0.05, 0.1) is 0 Å². The maximum atomic E-state index is 13.6. The third-order valence-electron chi connectivity index (χ3n) is 5.10. The van der Waals surface area contributed by atoms with E-state index in [0.717, 1.165) is 34.5 Å². The predicted octanol–water partition coefficient (Wildman–Crippen LogP) is 5.28. The average Bonchev–Trinajstić information content (AvgIpc) is 2.73. The van der Waals surface area contributed by atoms with Crippen molar-refractivity contribution in [1.82, 2.24) is 0 Å². The zero-order chi connectivity index (χ0) is 21.0. The molecular formula is C24H25ClF2N2O. The molecule has 0 radical (unpaired) electrons. The van der Waals surface area contributed by atoms with Gasteiger partial charge in [0.25, 0.3) is 0 Å². The Kier molecular flexibility index (Phi) is 8.09. The van der Waals surface area contributed by atoms with Gasteiger partial charge in [-0.1, -0.05) is 42.5 Å². The summed E-state index contributed by atoms with van der Waals surface area (Å²) in [5, 5.41) is 0. The summed E-state index contributed by atoms with van der Waals surface area (Å²) in [6, 6.07) is 17.9. The lowest BCUT2D eigenvalue weighted by Gasteiger charge is -2.27. The normalized spacial score (nSPS) is 11.5. The highest BCUT2D eigenvalue weighted by Crippen LogP contribution is 2.23. The third kappa shape index (κ3) is 5.43. The van der Waals surface area contributed by atoms with Crippen LogP contribution in [0, 0.1) is 25.5 Å².